The molecular weight excluding hydrogens is 449 g/mol. The van der Waals surface area contributed by atoms with Crippen molar-refractivity contribution in [2.24, 2.45) is 0 Å². The van der Waals surface area contributed by atoms with Gasteiger partial charge in [0.15, 0.2) is 0 Å². The Morgan fingerprint density at radius 3 is 2.82 bits per heavy atom. The molecule has 34 heavy (non-hydrogen) atoms. The minimum Gasteiger partial charge on any atom is -0.454 e. The average molecular weight is 472 g/mol. The largest absolute Gasteiger partial charge is 0.454 e. The van der Waals surface area contributed by atoms with Crippen LogP contribution in [0, 0.1) is 0 Å². The summed E-state index contributed by atoms with van der Waals surface area (Å²) >= 11 is 0. The number of hydrogen-bond donors (Lipinski definition) is 1. The number of aromatic nitrogens is 3. The molecule has 0 radical (unpaired) electrons. The van der Waals surface area contributed by atoms with Gasteiger partial charge in [-0.25, -0.2) is 0 Å². The minimum absolute atomic E-state index is 0.109. The number of rotatable bonds is 5. The Morgan fingerprint density at radius 1 is 1.29 bits per heavy atom. The van der Waals surface area contributed by atoms with Crippen molar-refractivity contribution in [1.29, 1.82) is 0 Å². The van der Waals surface area contributed by atoms with E-state index in [9.17, 15) is 18.0 Å². The first-order valence-electron chi connectivity index (χ1n) is 11.4. The summed E-state index contributed by atoms with van der Waals surface area (Å²) in [6.45, 7) is 1.08. The number of furan rings is 1. The van der Waals surface area contributed by atoms with Gasteiger partial charge < -0.3 is 14.5 Å². The highest BCUT2D eigenvalue weighted by Gasteiger charge is 2.55. The molecule has 1 amide bonds. The lowest BCUT2D eigenvalue weighted by molar-refractivity contribution is -0.137. The van der Waals surface area contributed by atoms with Crippen molar-refractivity contribution >= 4 is 5.91 Å². The molecular formula is C24H23F3N4O3. The van der Waals surface area contributed by atoms with E-state index in [2.05, 4.69) is 15.4 Å². The summed E-state index contributed by atoms with van der Waals surface area (Å²) in [5, 5.41) is 7.11. The van der Waals surface area contributed by atoms with Crippen LogP contribution in [-0.2, 0) is 29.3 Å². The van der Waals surface area contributed by atoms with Crippen LogP contribution in [0.4, 0.5) is 13.2 Å². The second-order valence-corrected chi connectivity index (χ2v) is 9.31. The molecule has 3 aromatic heterocycles. The maximum absolute atomic E-state index is 14.3. The molecule has 1 spiro atoms. The fraction of sp³-hybridized carbons (Fsp3) is 0.458. The van der Waals surface area contributed by atoms with Gasteiger partial charge in [-0.1, -0.05) is 6.07 Å². The van der Waals surface area contributed by atoms with E-state index in [0.717, 1.165) is 36.9 Å². The zero-order valence-corrected chi connectivity index (χ0v) is 18.3. The fourth-order valence-electron chi connectivity index (χ4n) is 5.11. The van der Waals surface area contributed by atoms with E-state index < -0.39 is 23.4 Å². The smallest absolute Gasteiger partial charge is 0.420 e. The summed E-state index contributed by atoms with van der Waals surface area (Å²) < 4.78 is 55.7. The minimum atomic E-state index is -4.77. The van der Waals surface area contributed by atoms with E-state index in [0.29, 0.717) is 19.6 Å². The maximum Gasteiger partial charge on any atom is 0.420 e. The molecule has 3 aromatic rings. The molecule has 0 aromatic carbocycles. The number of nitrogens with zero attached hydrogens (tertiary/aromatic N) is 3. The quantitative estimate of drug-likeness (QED) is 0.605. The van der Waals surface area contributed by atoms with Gasteiger partial charge in [0, 0.05) is 42.9 Å². The molecule has 1 N–H and O–H groups in total. The van der Waals surface area contributed by atoms with Crippen molar-refractivity contribution in [2.45, 2.75) is 56.3 Å². The van der Waals surface area contributed by atoms with Gasteiger partial charge in [-0.05, 0) is 37.8 Å². The van der Waals surface area contributed by atoms with E-state index >= 15 is 0 Å². The predicted octanol–water partition coefficient (Wildman–Crippen LogP) is 4.10. The zero-order valence-electron chi connectivity index (χ0n) is 18.3. The van der Waals surface area contributed by atoms with Gasteiger partial charge in [-0.15, -0.1) is 0 Å². The third kappa shape index (κ3) is 3.60. The fourth-order valence-corrected chi connectivity index (χ4v) is 5.11. The van der Waals surface area contributed by atoms with Crippen molar-refractivity contribution in [2.75, 3.05) is 13.2 Å². The monoisotopic (exact) mass is 472 g/mol. The second-order valence-electron chi connectivity index (χ2n) is 9.31. The number of nitrogens with one attached hydrogen (secondary N) is 1. The first-order chi connectivity index (χ1) is 16.3. The SMILES string of the molecule is O=C(NCC1CCCO1)c1oc2c(c1C(F)(F)F)-c1nn(Cc3ccccn3)cc1C1(CC1)C2. The highest BCUT2D eigenvalue weighted by Crippen LogP contribution is 2.59. The molecule has 3 aliphatic rings. The van der Waals surface area contributed by atoms with Crippen LogP contribution in [0.1, 0.15) is 58.8 Å². The highest BCUT2D eigenvalue weighted by molar-refractivity contribution is 5.96. The number of ether oxygens (including phenoxy) is 1. The molecule has 1 unspecified atom stereocenters. The van der Waals surface area contributed by atoms with Gasteiger partial charge in [-0.3, -0.25) is 14.5 Å². The maximum atomic E-state index is 14.3. The molecule has 2 aliphatic carbocycles. The van der Waals surface area contributed by atoms with Crippen molar-refractivity contribution in [1.82, 2.24) is 20.1 Å². The van der Waals surface area contributed by atoms with Gasteiger partial charge >= 0.3 is 6.18 Å². The molecule has 2 fully saturated rings. The standard InChI is InChI=1S/C24H23F3N4O3/c25-24(26,27)19-18-17(34-21(19)22(32)29-11-15-5-3-9-33-15)10-23(6-7-23)16-13-31(30-20(16)18)12-14-4-1-2-8-28-14/h1-2,4,8,13,15H,3,5-7,9-12H2,(H,29,32). The number of amides is 1. The Hall–Kier alpha value is -3.14. The topological polar surface area (TPSA) is 82.2 Å². The number of carbonyl (C=O) groups is 1. The average Bonchev–Trinajstić information content (AvgIpc) is 3.17. The van der Waals surface area contributed by atoms with Crippen LogP contribution in [0.5, 0.6) is 0 Å². The van der Waals surface area contributed by atoms with Crippen LogP contribution < -0.4 is 5.32 Å². The van der Waals surface area contributed by atoms with E-state index in [1.807, 2.05) is 18.3 Å². The Bertz CT molecular complexity index is 1240. The van der Waals surface area contributed by atoms with Gasteiger partial charge in [0.05, 0.1) is 23.9 Å². The Morgan fingerprint density at radius 2 is 2.15 bits per heavy atom. The Balaban J connectivity index is 1.40. The molecule has 1 saturated carbocycles. The lowest BCUT2D eigenvalue weighted by Gasteiger charge is -2.20. The van der Waals surface area contributed by atoms with E-state index in [4.69, 9.17) is 9.15 Å². The van der Waals surface area contributed by atoms with Crippen molar-refractivity contribution in [3.63, 3.8) is 0 Å². The summed E-state index contributed by atoms with van der Waals surface area (Å²) in [4.78, 5) is 17.1. The lowest BCUT2D eigenvalue weighted by atomic mass is 9.82. The van der Waals surface area contributed by atoms with Crippen molar-refractivity contribution in [3.05, 3.63) is 58.9 Å². The summed E-state index contributed by atoms with van der Waals surface area (Å²) in [7, 11) is 0. The molecule has 6 rings (SSSR count). The van der Waals surface area contributed by atoms with Crippen molar-refractivity contribution in [3.8, 4) is 11.3 Å². The zero-order chi connectivity index (χ0) is 23.5. The van der Waals surface area contributed by atoms with Crippen LogP contribution in [-0.4, -0.2) is 39.9 Å². The predicted molar refractivity (Wildman–Crippen MR) is 114 cm³/mol. The summed E-state index contributed by atoms with van der Waals surface area (Å²) in [5.74, 6) is -1.39. The van der Waals surface area contributed by atoms with Crippen LogP contribution >= 0.6 is 0 Å². The summed E-state index contributed by atoms with van der Waals surface area (Å²) in [6, 6.07) is 5.50. The third-order valence-corrected chi connectivity index (χ3v) is 6.96. The third-order valence-electron chi connectivity index (χ3n) is 6.96. The molecule has 1 saturated heterocycles. The number of pyridine rings is 1. The van der Waals surface area contributed by atoms with Gasteiger partial charge in [-0.2, -0.15) is 18.3 Å². The first kappa shape index (κ1) is 21.4. The van der Waals surface area contributed by atoms with Gasteiger partial charge in [0.1, 0.15) is 17.0 Å². The summed E-state index contributed by atoms with van der Waals surface area (Å²) in [5.41, 5.74) is 0.355. The van der Waals surface area contributed by atoms with E-state index in [1.54, 1.807) is 16.9 Å². The lowest BCUT2D eigenvalue weighted by Crippen LogP contribution is -2.32. The van der Waals surface area contributed by atoms with Crippen LogP contribution in [0.25, 0.3) is 11.3 Å². The first-order valence-corrected chi connectivity index (χ1v) is 11.4. The van der Waals surface area contributed by atoms with Crippen molar-refractivity contribution < 1.29 is 27.1 Å². The number of carbonyl (C=O) groups excluding carboxylic acids is 1. The second kappa shape index (κ2) is 7.69. The molecule has 0 bridgehead atoms. The Labute approximate surface area is 193 Å². The number of hydrogen-bond acceptors (Lipinski definition) is 5. The van der Waals surface area contributed by atoms with E-state index in [-0.39, 0.29) is 35.1 Å². The molecule has 178 valence electrons. The van der Waals surface area contributed by atoms with Crippen LogP contribution in [0.2, 0.25) is 0 Å². The van der Waals surface area contributed by atoms with Crippen LogP contribution in [0.15, 0.2) is 35.0 Å². The van der Waals surface area contributed by atoms with Crippen LogP contribution in [0.3, 0.4) is 0 Å². The molecule has 1 aliphatic heterocycles. The Kier molecular flexibility index (Phi) is 4.84. The molecule has 4 heterocycles. The normalized spacial score (nSPS) is 20.3. The number of halogens is 3. The van der Waals surface area contributed by atoms with Gasteiger partial charge in [0.2, 0.25) is 5.76 Å². The highest BCUT2D eigenvalue weighted by atomic mass is 19.4. The number of alkyl halides is 3. The summed E-state index contributed by atoms with van der Waals surface area (Å²) in [6.07, 6.45) is 2.18. The number of fused-ring (bicyclic) bond motifs is 4. The molecule has 7 nitrogen and oxygen atoms in total. The van der Waals surface area contributed by atoms with Gasteiger partial charge in [0.25, 0.3) is 5.91 Å². The molecule has 10 heteroatoms. The molecule has 1 atom stereocenters. The van der Waals surface area contributed by atoms with E-state index in [1.165, 1.54) is 0 Å².